The molecule has 25 aromatic rings. The molecule has 0 unspecified atom stereocenters. The Morgan fingerprint density at radius 3 is 1.31 bits per heavy atom. The van der Waals surface area contributed by atoms with Gasteiger partial charge in [0.25, 0.3) is 0 Å². The first-order chi connectivity index (χ1) is 54.0. The number of aromatic nitrogens is 6. The number of hydrogen-bond donors (Lipinski definition) is 0. The lowest BCUT2D eigenvalue weighted by atomic mass is 9.93. The van der Waals surface area contributed by atoms with E-state index in [0.717, 1.165) is 122 Å². The molecule has 9 aromatic heterocycles. The molecular weight excluding hydrogens is 1410 g/mol. The van der Waals surface area contributed by atoms with E-state index in [1.54, 1.807) is 0 Å². The van der Waals surface area contributed by atoms with Crippen LogP contribution >= 0.6 is 45.3 Å². The van der Waals surface area contributed by atoms with Crippen molar-refractivity contribution in [1.29, 1.82) is 0 Å². The van der Waals surface area contributed by atoms with E-state index in [9.17, 15) is 0 Å². The van der Waals surface area contributed by atoms with Gasteiger partial charge in [0.15, 0.2) is 0 Å². The first-order valence-corrected chi connectivity index (χ1v) is 39.9. The van der Waals surface area contributed by atoms with Crippen LogP contribution in [0.4, 0.5) is 0 Å². The maximum Gasteiger partial charge on any atom is 0.235 e. The highest BCUT2D eigenvalue weighted by Crippen LogP contribution is 2.55. The van der Waals surface area contributed by atoms with E-state index in [2.05, 4.69) is 325 Å². The number of nitrogens with zero attached hydrogens (tertiary/aromatic N) is 6. The van der Waals surface area contributed by atoms with Crippen LogP contribution in [-0.4, -0.2) is 29.1 Å². The highest BCUT2D eigenvalue weighted by Gasteiger charge is 2.30. The molecule has 0 radical (unpaired) electrons. The van der Waals surface area contributed by atoms with Gasteiger partial charge in [-0.2, -0.15) is 0 Å². The second kappa shape index (κ2) is 22.6. The third-order valence-corrected chi connectivity index (χ3v) is 27.3. The van der Waals surface area contributed by atoms with Crippen molar-refractivity contribution in [2.75, 3.05) is 0 Å². The highest BCUT2D eigenvalue weighted by molar-refractivity contribution is 7.28. The van der Waals surface area contributed by atoms with Crippen molar-refractivity contribution in [3.8, 4) is 67.9 Å². The number of benzene rings is 16. The first-order valence-electron chi connectivity index (χ1n) is 36.6. The predicted octanol–water partition coefficient (Wildman–Crippen LogP) is 28.6. The van der Waals surface area contributed by atoms with Crippen LogP contribution in [-0.2, 0) is 0 Å². The monoisotopic (exact) mass is 1460 g/mol. The summed E-state index contributed by atoms with van der Waals surface area (Å²) in [6, 6.07) is 115. The van der Waals surface area contributed by atoms with Gasteiger partial charge in [0, 0.05) is 162 Å². The molecule has 7 nitrogen and oxygen atoms in total. The minimum absolute atomic E-state index is 0.627. The van der Waals surface area contributed by atoms with E-state index in [1.165, 1.54) is 113 Å². The van der Waals surface area contributed by atoms with Crippen molar-refractivity contribution in [1.82, 2.24) is 29.1 Å². The average Bonchev–Trinajstić information content (AvgIpc) is 1.53. The van der Waals surface area contributed by atoms with Gasteiger partial charge in [-0.1, -0.05) is 237 Å². The minimum atomic E-state index is 0.627. The Bertz CT molecular complexity index is 8240. The van der Waals surface area contributed by atoms with Gasteiger partial charge in [0.05, 0.1) is 44.7 Å². The normalized spacial score (nSPS) is 12.4. The van der Waals surface area contributed by atoms with Crippen molar-refractivity contribution < 1.29 is 4.42 Å². The zero-order valence-electron chi connectivity index (χ0n) is 57.7. The summed E-state index contributed by atoms with van der Waals surface area (Å²) in [5, 5.41) is 22.9. The summed E-state index contributed by atoms with van der Waals surface area (Å²) < 4.78 is 21.8. The molecule has 0 aliphatic heterocycles. The Labute approximate surface area is 635 Å². The fourth-order valence-electron chi connectivity index (χ4n) is 18.0. The van der Waals surface area contributed by atoms with Crippen LogP contribution in [0.1, 0.15) is 0 Å². The second-order valence-corrected chi connectivity index (χ2v) is 32.8. The maximum absolute atomic E-state index is 6.99. The molecule has 0 amide bonds. The van der Waals surface area contributed by atoms with Gasteiger partial charge in [0.1, 0.15) is 11.2 Å². The zero-order chi connectivity index (χ0) is 70.8. The Balaban J connectivity index is 0.683. The predicted molar refractivity (Wildman–Crippen MR) is 465 cm³/mol. The van der Waals surface area contributed by atoms with Gasteiger partial charge < -0.3 is 4.42 Å². The third kappa shape index (κ3) is 8.55. The molecule has 0 atom stereocenters. The maximum atomic E-state index is 6.99. The molecule has 0 spiro atoms. The summed E-state index contributed by atoms with van der Waals surface area (Å²) in [5.41, 5.74) is 16.8. The van der Waals surface area contributed by atoms with Crippen LogP contribution in [0.3, 0.4) is 0 Å². The van der Waals surface area contributed by atoms with Crippen molar-refractivity contribution >= 4 is 224 Å². The fourth-order valence-corrected chi connectivity index (χ4v) is 22.8. The molecule has 16 aromatic carbocycles. The number of rotatable bonds is 7. The van der Waals surface area contributed by atoms with E-state index in [1.807, 2.05) is 45.3 Å². The lowest BCUT2D eigenvalue weighted by Crippen LogP contribution is -2.04. The Kier molecular flexibility index (Phi) is 12.5. The van der Waals surface area contributed by atoms with Crippen LogP contribution in [0.25, 0.3) is 247 Å². The Morgan fingerprint density at radius 2 is 0.706 bits per heavy atom. The fraction of sp³-hybridized carbons (Fsp3) is 0. The van der Waals surface area contributed by atoms with Crippen molar-refractivity contribution in [2.24, 2.45) is 0 Å². The highest BCUT2D eigenvalue weighted by atomic mass is 32.1. The molecule has 0 saturated heterocycles. The van der Waals surface area contributed by atoms with Crippen LogP contribution in [0, 0.1) is 0 Å². The largest absolute Gasteiger partial charge is 0.455 e. The van der Waals surface area contributed by atoms with Gasteiger partial charge in [0.2, 0.25) is 11.9 Å². The molecular formula is C98H52N6OS4. The average molecular weight is 1460 g/mol. The lowest BCUT2D eigenvalue weighted by molar-refractivity contribution is 0.670. The van der Waals surface area contributed by atoms with Gasteiger partial charge >= 0.3 is 0 Å². The van der Waals surface area contributed by atoms with Gasteiger partial charge in [-0.05, 0) is 95.6 Å². The van der Waals surface area contributed by atoms with E-state index in [4.69, 9.17) is 24.4 Å². The standard InChI is InChI=1S/C98H52N6OS4/c1-3-21-54(22-4-1)72-52-73(55-23-5-2-6-24-55)101-97(100-72)103-74-33-15-8-27-61(74)90-92(103)68-46-48-81-84(64-30-12-19-37-78(64)107-81)86(68)88-66-44-43-57(51-82(66)109-96(88)90)58-49-69(94-70(50-58)59-25-10-17-35-76(59)105-94)53-39-41-56(42-40-53)91-60-26-7-14-32-71(60)99-98(102-91)104-75-34-16-9-28-62(75)89-93(104)67-45-47-80-83(63-29-11-18-36-77(63)106-80)85(67)87-65-31-13-20-38-79(65)108-95(87)89/h1-52H. The van der Waals surface area contributed by atoms with Gasteiger partial charge in [-0.3, -0.25) is 9.13 Å². The molecule has 0 bridgehead atoms. The molecule has 0 N–H and O–H groups in total. The van der Waals surface area contributed by atoms with Crippen LogP contribution in [0.2, 0.25) is 0 Å². The molecule has 25 rings (SSSR count). The van der Waals surface area contributed by atoms with E-state index in [-0.39, 0.29) is 0 Å². The Morgan fingerprint density at radius 1 is 0.248 bits per heavy atom. The molecule has 109 heavy (non-hydrogen) atoms. The SMILES string of the molecule is c1ccc(-c2cc(-c3ccccc3)nc(-n3c4ccccc4c4c5sc6cc(-c7cc(-c8ccc(-c9nc(-n%10c%11ccccc%11c%11c%12sc%13ccccc%13c%12c%12c(ccc%13sc%14ccccc%14c%13%12)c%11%10)nc%10ccccc9%10)cc8)c8oc9ccccc9c8c7)ccc6c5c5c(ccc6sc7ccccc7c65)c43)n2)cc1. The molecule has 0 aliphatic rings. The summed E-state index contributed by atoms with van der Waals surface area (Å²) in [6.45, 7) is 0. The smallest absolute Gasteiger partial charge is 0.235 e. The summed E-state index contributed by atoms with van der Waals surface area (Å²) in [6.07, 6.45) is 0. The summed E-state index contributed by atoms with van der Waals surface area (Å²) >= 11 is 7.51. The van der Waals surface area contributed by atoms with Gasteiger partial charge in [-0.15, -0.1) is 45.3 Å². The third-order valence-electron chi connectivity index (χ3n) is 22.7. The minimum Gasteiger partial charge on any atom is -0.455 e. The number of furan rings is 1. The quantitative estimate of drug-likeness (QED) is 0.159. The number of thiophene rings is 4. The molecule has 0 aliphatic carbocycles. The molecule has 9 heterocycles. The lowest BCUT2D eigenvalue weighted by Gasteiger charge is -2.14. The molecule has 0 fully saturated rings. The topological polar surface area (TPSA) is 74.6 Å². The van der Waals surface area contributed by atoms with Crippen molar-refractivity contribution in [3.63, 3.8) is 0 Å². The number of fused-ring (bicyclic) bond motifs is 32. The molecule has 0 saturated carbocycles. The van der Waals surface area contributed by atoms with Crippen LogP contribution in [0.15, 0.2) is 320 Å². The van der Waals surface area contributed by atoms with E-state index in [0.29, 0.717) is 11.9 Å². The zero-order valence-corrected chi connectivity index (χ0v) is 61.0. The van der Waals surface area contributed by atoms with Crippen LogP contribution in [0.5, 0.6) is 0 Å². The molecule has 504 valence electrons. The number of para-hydroxylation sites is 4. The van der Waals surface area contributed by atoms with E-state index >= 15 is 0 Å². The Hall–Kier alpha value is -13.3. The van der Waals surface area contributed by atoms with Crippen molar-refractivity contribution in [3.05, 3.63) is 315 Å². The van der Waals surface area contributed by atoms with Crippen molar-refractivity contribution in [2.45, 2.75) is 0 Å². The summed E-state index contributed by atoms with van der Waals surface area (Å²) in [4.78, 5) is 22.4. The van der Waals surface area contributed by atoms with Gasteiger partial charge in [-0.25, -0.2) is 19.9 Å². The first kappa shape index (κ1) is 59.9. The van der Waals surface area contributed by atoms with E-state index < -0.39 is 0 Å². The van der Waals surface area contributed by atoms with Crippen LogP contribution < -0.4 is 0 Å². The summed E-state index contributed by atoms with van der Waals surface area (Å²) in [7, 11) is 0. The second-order valence-electron chi connectivity index (χ2n) is 28.5. The number of hydrogen-bond acceptors (Lipinski definition) is 9. The summed E-state index contributed by atoms with van der Waals surface area (Å²) in [5.74, 6) is 1.25. The molecule has 11 heteroatoms.